The van der Waals surface area contributed by atoms with Crippen LogP contribution in [-0.4, -0.2) is 48.8 Å². The minimum atomic E-state index is -0.0587. The maximum absolute atomic E-state index is 13.0. The maximum atomic E-state index is 13.0. The lowest BCUT2D eigenvalue weighted by Crippen LogP contribution is -3.05. The van der Waals surface area contributed by atoms with E-state index in [9.17, 15) is 9.59 Å². The van der Waals surface area contributed by atoms with Crippen LogP contribution in [0, 0.1) is 0 Å². The highest BCUT2D eigenvalue weighted by atomic mass is 32.2. The van der Waals surface area contributed by atoms with E-state index in [1.165, 1.54) is 16.7 Å². The van der Waals surface area contributed by atoms with Gasteiger partial charge >= 0.3 is 0 Å². The van der Waals surface area contributed by atoms with Crippen LogP contribution in [0.1, 0.15) is 16.8 Å². The summed E-state index contributed by atoms with van der Waals surface area (Å²) < 4.78 is 6.99. The molecule has 0 amide bonds. The first-order valence-corrected chi connectivity index (χ1v) is 10.6. The van der Waals surface area contributed by atoms with Gasteiger partial charge in [0.25, 0.3) is 5.56 Å². The van der Waals surface area contributed by atoms with Crippen molar-refractivity contribution in [3.8, 4) is 5.75 Å². The third-order valence-electron chi connectivity index (χ3n) is 4.62. The van der Waals surface area contributed by atoms with Gasteiger partial charge in [-0.05, 0) is 24.3 Å². The third kappa shape index (κ3) is 5.05. The molecule has 0 atom stereocenters. The molecular formula is C22H26N3O3S+. The first kappa shape index (κ1) is 21.1. The van der Waals surface area contributed by atoms with Gasteiger partial charge in [0, 0.05) is 13.0 Å². The Morgan fingerprint density at radius 2 is 1.86 bits per heavy atom. The number of carbonyl (C=O) groups is 1. The van der Waals surface area contributed by atoms with E-state index in [1.54, 1.807) is 29.9 Å². The highest BCUT2D eigenvalue weighted by Gasteiger charge is 2.16. The van der Waals surface area contributed by atoms with Crippen LogP contribution in [0.25, 0.3) is 10.9 Å². The average molecular weight is 413 g/mol. The molecule has 1 N–H and O–H groups in total. The standard InChI is InChI=1S/C22H25N3O3S/c1-24(2)13-8-14-25-21(27)16-9-4-6-11-18(16)23-22(25)29-15-19(26)17-10-5-7-12-20(17)28-3/h4-7,9-12H,8,13-15H2,1-3H3/p+1. The molecular weight excluding hydrogens is 386 g/mol. The second-order valence-corrected chi connectivity index (χ2v) is 8.03. The number of fused-ring (bicyclic) bond motifs is 1. The van der Waals surface area contributed by atoms with Crippen molar-refractivity contribution in [2.45, 2.75) is 18.1 Å². The predicted octanol–water partition coefficient (Wildman–Crippen LogP) is 1.91. The molecule has 0 aliphatic heterocycles. The summed E-state index contributed by atoms with van der Waals surface area (Å²) in [5, 5.41) is 1.18. The van der Waals surface area contributed by atoms with Gasteiger partial charge in [-0.3, -0.25) is 14.2 Å². The molecule has 0 saturated carbocycles. The molecule has 3 aromatic rings. The van der Waals surface area contributed by atoms with Gasteiger partial charge in [0.05, 0.1) is 50.0 Å². The van der Waals surface area contributed by atoms with Gasteiger partial charge in [0.15, 0.2) is 10.9 Å². The summed E-state index contributed by atoms with van der Waals surface area (Å²) in [4.78, 5) is 31.8. The monoisotopic (exact) mass is 412 g/mol. The Morgan fingerprint density at radius 3 is 2.62 bits per heavy atom. The number of thioether (sulfide) groups is 1. The van der Waals surface area contributed by atoms with E-state index in [4.69, 9.17) is 4.74 Å². The molecule has 0 bridgehead atoms. The van der Waals surface area contributed by atoms with E-state index in [-0.39, 0.29) is 17.1 Å². The topological polar surface area (TPSA) is 65.6 Å². The van der Waals surface area contributed by atoms with Crippen LogP contribution in [0.4, 0.5) is 0 Å². The summed E-state index contributed by atoms with van der Waals surface area (Å²) >= 11 is 1.30. The first-order chi connectivity index (χ1) is 14.0. The lowest BCUT2D eigenvalue weighted by Gasteiger charge is -2.14. The van der Waals surface area contributed by atoms with Crippen LogP contribution < -0.4 is 15.2 Å². The number of methoxy groups -OCH3 is 1. The summed E-state index contributed by atoms with van der Waals surface area (Å²) in [6.45, 7) is 1.52. The number of para-hydroxylation sites is 2. The number of ether oxygens (including phenoxy) is 1. The van der Waals surface area contributed by atoms with Crippen LogP contribution >= 0.6 is 11.8 Å². The van der Waals surface area contributed by atoms with Crippen LogP contribution in [0.5, 0.6) is 5.75 Å². The Hall–Kier alpha value is -2.64. The minimum Gasteiger partial charge on any atom is -0.496 e. The summed E-state index contributed by atoms with van der Waals surface area (Å²) in [6.07, 6.45) is 0.857. The average Bonchev–Trinajstić information content (AvgIpc) is 2.73. The Morgan fingerprint density at radius 1 is 1.14 bits per heavy atom. The third-order valence-corrected chi connectivity index (χ3v) is 5.60. The largest absolute Gasteiger partial charge is 0.496 e. The molecule has 0 unspecified atom stereocenters. The second kappa shape index (κ2) is 9.71. The van der Waals surface area contributed by atoms with Crippen molar-refractivity contribution in [3.63, 3.8) is 0 Å². The fourth-order valence-electron chi connectivity index (χ4n) is 3.13. The van der Waals surface area contributed by atoms with E-state index in [2.05, 4.69) is 19.1 Å². The molecule has 29 heavy (non-hydrogen) atoms. The Bertz CT molecular complexity index is 1060. The lowest BCUT2D eigenvalue weighted by atomic mass is 10.1. The second-order valence-electron chi connectivity index (χ2n) is 7.09. The van der Waals surface area contributed by atoms with Gasteiger partial charge in [-0.1, -0.05) is 36.0 Å². The van der Waals surface area contributed by atoms with Gasteiger partial charge in [-0.2, -0.15) is 0 Å². The number of hydrogen-bond donors (Lipinski definition) is 1. The van der Waals surface area contributed by atoms with Gasteiger partial charge in [-0.25, -0.2) is 4.98 Å². The molecule has 1 heterocycles. The van der Waals surface area contributed by atoms with Crippen LogP contribution in [0.2, 0.25) is 0 Å². The summed E-state index contributed by atoms with van der Waals surface area (Å²) in [5.41, 5.74) is 1.13. The summed E-state index contributed by atoms with van der Waals surface area (Å²) in [6, 6.07) is 14.5. The molecule has 0 aliphatic carbocycles. The number of nitrogens with zero attached hydrogens (tertiary/aromatic N) is 2. The smallest absolute Gasteiger partial charge is 0.262 e. The number of rotatable bonds is 9. The molecule has 3 rings (SSSR count). The normalized spacial score (nSPS) is 11.2. The minimum absolute atomic E-state index is 0.0563. The number of aromatic nitrogens is 2. The fraction of sp³-hybridized carbons (Fsp3) is 0.318. The number of Topliss-reactive ketones (excluding diaryl/α,β-unsaturated/α-hetero) is 1. The van der Waals surface area contributed by atoms with Crippen LogP contribution in [0.3, 0.4) is 0 Å². The molecule has 0 aliphatic rings. The zero-order valence-electron chi connectivity index (χ0n) is 17.0. The predicted molar refractivity (Wildman–Crippen MR) is 116 cm³/mol. The van der Waals surface area contributed by atoms with E-state index in [0.717, 1.165) is 13.0 Å². The van der Waals surface area contributed by atoms with E-state index < -0.39 is 0 Å². The summed E-state index contributed by atoms with van der Waals surface area (Å²) in [5.74, 6) is 0.680. The van der Waals surface area contributed by atoms with Crippen molar-refractivity contribution >= 4 is 28.4 Å². The van der Waals surface area contributed by atoms with Gasteiger partial charge in [0.2, 0.25) is 0 Å². The lowest BCUT2D eigenvalue weighted by molar-refractivity contribution is -0.858. The van der Waals surface area contributed by atoms with Crippen molar-refractivity contribution in [2.75, 3.05) is 33.5 Å². The van der Waals surface area contributed by atoms with Crippen molar-refractivity contribution in [1.82, 2.24) is 9.55 Å². The van der Waals surface area contributed by atoms with Crippen molar-refractivity contribution in [1.29, 1.82) is 0 Å². The highest BCUT2D eigenvalue weighted by molar-refractivity contribution is 7.99. The maximum Gasteiger partial charge on any atom is 0.262 e. The quantitative estimate of drug-likeness (QED) is 0.330. The van der Waals surface area contributed by atoms with Gasteiger partial charge < -0.3 is 9.64 Å². The first-order valence-electron chi connectivity index (χ1n) is 9.59. The number of ketones is 1. The SMILES string of the molecule is COc1ccccc1C(=O)CSc1nc2ccccc2c(=O)n1CCC[NH+](C)C. The Kier molecular flexibility index (Phi) is 7.06. The molecule has 0 saturated heterocycles. The van der Waals surface area contributed by atoms with Gasteiger partial charge in [0.1, 0.15) is 5.75 Å². The van der Waals surface area contributed by atoms with Crippen molar-refractivity contribution < 1.29 is 14.4 Å². The van der Waals surface area contributed by atoms with Crippen molar-refractivity contribution in [3.05, 3.63) is 64.4 Å². The molecule has 1 aromatic heterocycles. The van der Waals surface area contributed by atoms with E-state index in [1.807, 2.05) is 30.3 Å². The van der Waals surface area contributed by atoms with Crippen LogP contribution in [0.15, 0.2) is 58.5 Å². The van der Waals surface area contributed by atoms with Crippen LogP contribution in [-0.2, 0) is 6.54 Å². The molecule has 7 heteroatoms. The number of carbonyl (C=O) groups excluding carboxylic acids is 1. The highest BCUT2D eigenvalue weighted by Crippen LogP contribution is 2.23. The number of quaternary nitrogens is 1. The molecule has 6 nitrogen and oxygen atoms in total. The zero-order chi connectivity index (χ0) is 20.8. The molecule has 152 valence electrons. The molecule has 0 radical (unpaired) electrons. The Labute approximate surface area is 174 Å². The summed E-state index contributed by atoms with van der Waals surface area (Å²) in [7, 11) is 5.72. The van der Waals surface area contributed by atoms with Crippen molar-refractivity contribution in [2.24, 2.45) is 0 Å². The zero-order valence-corrected chi connectivity index (χ0v) is 17.8. The van der Waals surface area contributed by atoms with E-state index in [0.29, 0.717) is 33.9 Å². The Balaban J connectivity index is 1.88. The van der Waals surface area contributed by atoms with Gasteiger partial charge in [-0.15, -0.1) is 0 Å². The van der Waals surface area contributed by atoms with E-state index >= 15 is 0 Å². The molecule has 2 aromatic carbocycles. The fourth-order valence-corrected chi connectivity index (χ4v) is 4.04. The number of nitrogens with one attached hydrogen (secondary N) is 1. The number of hydrogen-bond acceptors (Lipinski definition) is 5. The molecule has 0 fully saturated rings. The molecule has 0 spiro atoms. The number of benzene rings is 2.